The van der Waals surface area contributed by atoms with Gasteiger partial charge < -0.3 is 24.1 Å². The lowest BCUT2D eigenvalue weighted by molar-refractivity contribution is -0.145. The highest BCUT2D eigenvalue weighted by molar-refractivity contribution is 5.84. The number of aryl methyl sites for hydroxylation is 3. The molecule has 0 bridgehead atoms. The number of amides is 1. The second kappa shape index (κ2) is 12.0. The number of nitrogens with zero attached hydrogens (tertiary/aromatic N) is 1. The molecule has 0 aliphatic heterocycles. The minimum absolute atomic E-state index is 0.166. The molecule has 196 valence electrons. The summed E-state index contributed by atoms with van der Waals surface area (Å²) in [5.74, 6) is 0.824. The molecule has 2 aromatic carbocycles. The Morgan fingerprint density at radius 2 is 1.68 bits per heavy atom. The van der Waals surface area contributed by atoms with Crippen LogP contribution in [0, 0.1) is 0 Å². The van der Waals surface area contributed by atoms with E-state index in [0.29, 0.717) is 24.3 Å². The van der Waals surface area contributed by atoms with Gasteiger partial charge in [0.2, 0.25) is 5.91 Å². The third-order valence-electron chi connectivity index (χ3n) is 6.96. The number of unbranched alkanes of at least 4 members (excludes halogenated alkanes) is 1. The number of benzene rings is 2. The third kappa shape index (κ3) is 5.82. The number of methoxy groups -OCH3 is 3. The Morgan fingerprint density at radius 3 is 2.35 bits per heavy atom. The number of rotatable bonds is 11. The highest BCUT2D eigenvalue weighted by atomic mass is 16.5. The van der Waals surface area contributed by atoms with Crippen LogP contribution in [-0.4, -0.2) is 43.8 Å². The lowest BCUT2D eigenvalue weighted by atomic mass is 9.90. The maximum atomic E-state index is 12.9. The van der Waals surface area contributed by atoms with E-state index in [0.717, 1.165) is 42.8 Å². The van der Waals surface area contributed by atoms with Gasteiger partial charge in [0.05, 0.1) is 32.7 Å². The van der Waals surface area contributed by atoms with Crippen LogP contribution < -0.4 is 14.8 Å². The van der Waals surface area contributed by atoms with Gasteiger partial charge in [0.1, 0.15) is 17.5 Å². The van der Waals surface area contributed by atoms with E-state index in [4.69, 9.17) is 14.2 Å². The molecule has 0 radical (unpaired) electrons. The first kappa shape index (κ1) is 26.3. The van der Waals surface area contributed by atoms with Gasteiger partial charge in [-0.15, -0.1) is 0 Å². The van der Waals surface area contributed by atoms with Gasteiger partial charge >= 0.3 is 5.97 Å². The number of hydrogen-bond acceptors (Lipinski definition) is 5. The second-order valence-corrected chi connectivity index (χ2v) is 9.36. The fourth-order valence-electron chi connectivity index (χ4n) is 5.05. The SMILES string of the molecule is CCCCC(NC(=O)CCc1cc2c(n1-c1cc(OC)cc(OC)c1)-c1ccccc1CC2)C(=O)OC. The van der Waals surface area contributed by atoms with Crippen LogP contribution in [0.25, 0.3) is 16.9 Å². The maximum absolute atomic E-state index is 12.9. The van der Waals surface area contributed by atoms with E-state index >= 15 is 0 Å². The van der Waals surface area contributed by atoms with Gasteiger partial charge in [-0.3, -0.25) is 4.79 Å². The standard InChI is InChI=1S/C30H36N2O5/c1-5-6-11-27(30(34)37-4)31-28(33)15-14-22-16-21-13-12-20-9-7-8-10-26(20)29(21)32(22)23-17-24(35-2)19-25(18-23)36-3/h7-10,16-19,27H,5-6,11-15H2,1-4H3,(H,31,33). The topological polar surface area (TPSA) is 78.8 Å². The van der Waals surface area contributed by atoms with Gasteiger partial charge in [-0.2, -0.15) is 0 Å². The van der Waals surface area contributed by atoms with E-state index < -0.39 is 12.0 Å². The summed E-state index contributed by atoms with van der Waals surface area (Å²) in [5.41, 5.74) is 6.85. The van der Waals surface area contributed by atoms with E-state index in [1.807, 2.05) is 18.2 Å². The van der Waals surface area contributed by atoms with Gasteiger partial charge in [0.25, 0.3) is 0 Å². The van der Waals surface area contributed by atoms with Crippen LogP contribution in [0.5, 0.6) is 11.5 Å². The molecule has 0 saturated heterocycles. The molecular weight excluding hydrogens is 468 g/mol. The molecule has 1 atom stereocenters. The number of aromatic nitrogens is 1. The highest BCUT2D eigenvalue weighted by Gasteiger charge is 2.25. The van der Waals surface area contributed by atoms with Crippen LogP contribution in [0.3, 0.4) is 0 Å². The first-order valence-electron chi connectivity index (χ1n) is 12.9. The zero-order valence-electron chi connectivity index (χ0n) is 22.1. The Hall–Kier alpha value is -3.74. The number of nitrogens with one attached hydrogen (secondary N) is 1. The molecule has 1 aliphatic carbocycles. The summed E-state index contributed by atoms with van der Waals surface area (Å²) in [4.78, 5) is 25.1. The molecule has 0 saturated carbocycles. The number of hydrogen-bond donors (Lipinski definition) is 1. The number of fused-ring (bicyclic) bond motifs is 3. The molecular formula is C30H36N2O5. The van der Waals surface area contributed by atoms with Crippen LogP contribution in [0.2, 0.25) is 0 Å². The summed E-state index contributed by atoms with van der Waals surface area (Å²) in [5, 5.41) is 2.88. The van der Waals surface area contributed by atoms with Crippen molar-refractivity contribution < 1.29 is 23.8 Å². The van der Waals surface area contributed by atoms with E-state index in [1.165, 1.54) is 23.8 Å². The monoisotopic (exact) mass is 504 g/mol. The first-order chi connectivity index (χ1) is 18.0. The lowest BCUT2D eigenvalue weighted by Crippen LogP contribution is -2.41. The summed E-state index contributed by atoms with van der Waals surface area (Å²) < 4.78 is 18.2. The van der Waals surface area contributed by atoms with Crippen molar-refractivity contribution in [3.05, 3.63) is 65.4 Å². The van der Waals surface area contributed by atoms with Crippen molar-refractivity contribution in [2.24, 2.45) is 0 Å². The third-order valence-corrected chi connectivity index (χ3v) is 6.96. The minimum atomic E-state index is -0.619. The number of carbonyl (C=O) groups is 2. The van der Waals surface area contributed by atoms with Crippen molar-refractivity contribution in [1.29, 1.82) is 0 Å². The molecule has 1 amide bonds. The largest absolute Gasteiger partial charge is 0.497 e. The quantitative estimate of drug-likeness (QED) is 0.370. The van der Waals surface area contributed by atoms with Gasteiger partial charge in [-0.25, -0.2) is 4.79 Å². The van der Waals surface area contributed by atoms with Crippen molar-refractivity contribution in [3.8, 4) is 28.4 Å². The maximum Gasteiger partial charge on any atom is 0.328 e. The number of esters is 1. The van der Waals surface area contributed by atoms with Gasteiger partial charge in [-0.1, -0.05) is 44.0 Å². The lowest BCUT2D eigenvalue weighted by Gasteiger charge is -2.21. The molecule has 1 unspecified atom stereocenters. The van der Waals surface area contributed by atoms with E-state index in [-0.39, 0.29) is 12.3 Å². The van der Waals surface area contributed by atoms with Crippen molar-refractivity contribution in [3.63, 3.8) is 0 Å². The Labute approximate surface area is 218 Å². The molecule has 7 nitrogen and oxygen atoms in total. The summed E-state index contributed by atoms with van der Waals surface area (Å²) >= 11 is 0. The van der Waals surface area contributed by atoms with Crippen LogP contribution in [0.1, 0.15) is 49.4 Å². The van der Waals surface area contributed by atoms with Gasteiger partial charge in [0, 0.05) is 35.9 Å². The molecule has 1 heterocycles. The molecule has 0 spiro atoms. The number of carbonyl (C=O) groups excluding carboxylic acids is 2. The molecule has 37 heavy (non-hydrogen) atoms. The van der Waals surface area contributed by atoms with E-state index in [9.17, 15) is 9.59 Å². The zero-order valence-corrected chi connectivity index (χ0v) is 22.1. The summed E-state index contributed by atoms with van der Waals surface area (Å²) in [6.45, 7) is 2.05. The number of ether oxygens (including phenoxy) is 3. The summed E-state index contributed by atoms with van der Waals surface area (Å²) in [7, 11) is 4.63. The molecule has 1 aromatic heterocycles. The minimum Gasteiger partial charge on any atom is -0.497 e. The van der Waals surface area contributed by atoms with Crippen molar-refractivity contribution >= 4 is 11.9 Å². The Kier molecular flexibility index (Phi) is 8.54. The summed E-state index contributed by atoms with van der Waals surface area (Å²) in [6.07, 6.45) is 5.03. The van der Waals surface area contributed by atoms with Crippen LogP contribution in [0.15, 0.2) is 48.5 Å². The Bertz CT molecular complexity index is 1240. The molecule has 4 rings (SSSR count). The zero-order chi connectivity index (χ0) is 26.4. The Balaban J connectivity index is 1.69. The molecule has 7 heteroatoms. The predicted octanol–water partition coefficient (Wildman–Crippen LogP) is 5.04. The second-order valence-electron chi connectivity index (χ2n) is 9.36. The average Bonchev–Trinajstić information content (AvgIpc) is 3.32. The van der Waals surface area contributed by atoms with Crippen molar-refractivity contribution in [2.45, 2.75) is 57.9 Å². The highest BCUT2D eigenvalue weighted by Crippen LogP contribution is 2.39. The van der Waals surface area contributed by atoms with Crippen molar-refractivity contribution in [2.75, 3.05) is 21.3 Å². The first-order valence-corrected chi connectivity index (χ1v) is 12.9. The molecule has 1 N–H and O–H groups in total. The van der Waals surface area contributed by atoms with Crippen LogP contribution >= 0.6 is 0 Å². The molecule has 0 fully saturated rings. The Morgan fingerprint density at radius 1 is 0.973 bits per heavy atom. The van der Waals surface area contributed by atoms with Crippen molar-refractivity contribution in [1.82, 2.24) is 9.88 Å². The molecule has 3 aromatic rings. The summed E-state index contributed by atoms with van der Waals surface area (Å²) in [6, 6.07) is 15.9. The normalized spacial score (nSPS) is 12.8. The average molecular weight is 505 g/mol. The van der Waals surface area contributed by atoms with Gasteiger partial charge in [-0.05, 0) is 42.9 Å². The predicted molar refractivity (Wildman–Crippen MR) is 144 cm³/mol. The van der Waals surface area contributed by atoms with E-state index in [2.05, 4.69) is 47.1 Å². The fraction of sp³-hybridized carbons (Fsp3) is 0.400. The molecule has 1 aliphatic rings. The van der Waals surface area contributed by atoms with Crippen LogP contribution in [0.4, 0.5) is 0 Å². The fourth-order valence-corrected chi connectivity index (χ4v) is 5.05. The van der Waals surface area contributed by atoms with Crippen LogP contribution in [-0.2, 0) is 33.6 Å². The van der Waals surface area contributed by atoms with E-state index in [1.54, 1.807) is 14.2 Å². The smallest absolute Gasteiger partial charge is 0.328 e. The van der Waals surface area contributed by atoms with Gasteiger partial charge in [0.15, 0.2) is 0 Å².